The van der Waals surface area contributed by atoms with Crippen molar-refractivity contribution in [1.29, 1.82) is 0 Å². The number of thioether (sulfide) groups is 1. The Bertz CT molecular complexity index is 485. The fourth-order valence-corrected chi connectivity index (χ4v) is 2.65. The van der Waals surface area contributed by atoms with E-state index in [1.165, 1.54) is 16.0 Å². The Morgan fingerprint density at radius 1 is 1.16 bits per heavy atom. The monoisotopic (exact) mass is 273 g/mol. The highest BCUT2D eigenvalue weighted by molar-refractivity contribution is 7.99. The molecular formula is C15H19N3S. The van der Waals surface area contributed by atoms with Crippen molar-refractivity contribution >= 4 is 11.8 Å². The molecule has 100 valence electrons. The summed E-state index contributed by atoms with van der Waals surface area (Å²) in [6.45, 7) is 2.16. The Kier molecular flexibility index (Phi) is 5.39. The minimum atomic E-state index is 0.128. The summed E-state index contributed by atoms with van der Waals surface area (Å²) in [5, 5.41) is 0. The lowest BCUT2D eigenvalue weighted by atomic mass is 10.0. The average molecular weight is 273 g/mol. The Balaban J connectivity index is 2.08. The first-order valence-electron chi connectivity index (χ1n) is 6.41. The molecule has 4 heteroatoms. The molecule has 0 aliphatic rings. The fraction of sp³-hybridized carbons (Fsp3) is 0.267. The molecule has 0 radical (unpaired) electrons. The minimum Gasteiger partial charge on any atom is -0.271 e. The Morgan fingerprint density at radius 3 is 2.42 bits per heavy atom. The van der Waals surface area contributed by atoms with Crippen LogP contribution in [0, 0.1) is 0 Å². The fourth-order valence-electron chi connectivity index (χ4n) is 1.99. The van der Waals surface area contributed by atoms with Crippen molar-refractivity contribution in [2.24, 2.45) is 5.84 Å². The van der Waals surface area contributed by atoms with E-state index in [2.05, 4.69) is 41.6 Å². The standard InChI is InChI=1S/C15H19N3S/c1-2-19-14-5-3-13(4-6-14)15(18-16)11-12-7-9-17-10-8-12/h3-10,15,18H,2,11,16H2,1H3. The van der Waals surface area contributed by atoms with E-state index < -0.39 is 0 Å². The van der Waals surface area contributed by atoms with Gasteiger partial charge in [-0.2, -0.15) is 0 Å². The second-order valence-electron chi connectivity index (χ2n) is 4.28. The van der Waals surface area contributed by atoms with Crippen LogP contribution in [0.2, 0.25) is 0 Å². The second-order valence-corrected chi connectivity index (χ2v) is 5.62. The quantitative estimate of drug-likeness (QED) is 0.483. The predicted molar refractivity (Wildman–Crippen MR) is 80.8 cm³/mol. The van der Waals surface area contributed by atoms with Crippen molar-refractivity contribution in [3.63, 3.8) is 0 Å². The van der Waals surface area contributed by atoms with Crippen molar-refractivity contribution in [3.8, 4) is 0 Å². The summed E-state index contributed by atoms with van der Waals surface area (Å²) in [6, 6.07) is 12.8. The summed E-state index contributed by atoms with van der Waals surface area (Å²) in [5.41, 5.74) is 5.33. The van der Waals surface area contributed by atoms with Gasteiger partial charge in [-0.1, -0.05) is 19.1 Å². The maximum atomic E-state index is 5.68. The van der Waals surface area contributed by atoms with E-state index in [0.717, 1.165) is 12.2 Å². The zero-order chi connectivity index (χ0) is 13.5. The lowest BCUT2D eigenvalue weighted by Gasteiger charge is -2.16. The number of hydrogen-bond acceptors (Lipinski definition) is 4. The largest absolute Gasteiger partial charge is 0.271 e. The van der Waals surface area contributed by atoms with Crippen LogP contribution in [0.4, 0.5) is 0 Å². The molecule has 0 saturated carbocycles. The smallest absolute Gasteiger partial charge is 0.0500 e. The number of benzene rings is 1. The van der Waals surface area contributed by atoms with E-state index in [-0.39, 0.29) is 6.04 Å². The van der Waals surface area contributed by atoms with Crippen LogP contribution in [0.1, 0.15) is 24.1 Å². The number of hydrazine groups is 1. The third-order valence-electron chi connectivity index (χ3n) is 2.98. The van der Waals surface area contributed by atoms with E-state index >= 15 is 0 Å². The molecule has 3 nitrogen and oxygen atoms in total. The van der Waals surface area contributed by atoms with Crippen molar-refractivity contribution in [2.75, 3.05) is 5.75 Å². The van der Waals surface area contributed by atoms with Crippen molar-refractivity contribution in [2.45, 2.75) is 24.3 Å². The van der Waals surface area contributed by atoms with Crippen molar-refractivity contribution in [1.82, 2.24) is 10.4 Å². The van der Waals surface area contributed by atoms with Gasteiger partial charge in [0.25, 0.3) is 0 Å². The molecular weight excluding hydrogens is 254 g/mol. The number of nitrogens with one attached hydrogen (secondary N) is 1. The molecule has 0 aliphatic heterocycles. The molecule has 19 heavy (non-hydrogen) atoms. The van der Waals surface area contributed by atoms with Gasteiger partial charge >= 0.3 is 0 Å². The normalized spacial score (nSPS) is 12.3. The van der Waals surface area contributed by atoms with Crippen LogP contribution < -0.4 is 11.3 Å². The van der Waals surface area contributed by atoms with Crippen LogP contribution in [-0.4, -0.2) is 10.7 Å². The summed E-state index contributed by atoms with van der Waals surface area (Å²) in [5.74, 6) is 6.77. The number of nitrogens with zero attached hydrogens (tertiary/aromatic N) is 1. The lowest BCUT2D eigenvalue weighted by molar-refractivity contribution is 0.551. The van der Waals surface area contributed by atoms with E-state index in [1.807, 2.05) is 36.3 Å². The molecule has 1 aromatic heterocycles. The summed E-state index contributed by atoms with van der Waals surface area (Å²) in [4.78, 5) is 5.33. The lowest BCUT2D eigenvalue weighted by Crippen LogP contribution is -2.29. The van der Waals surface area contributed by atoms with Crippen LogP contribution >= 0.6 is 11.8 Å². The van der Waals surface area contributed by atoms with Crippen molar-refractivity contribution in [3.05, 3.63) is 59.9 Å². The Morgan fingerprint density at radius 2 is 1.84 bits per heavy atom. The van der Waals surface area contributed by atoms with Gasteiger partial charge in [-0.3, -0.25) is 16.3 Å². The first-order chi connectivity index (χ1) is 9.33. The number of pyridine rings is 1. The Labute approximate surface area is 118 Å². The molecule has 3 N–H and O–H groups in total. The highest BCUT2D eigenvalue weighted by atomic mass is 32.2. The van der Waals surface area contributed by atoms with E-state index in [4.69, 9.17) is 5.84 Å². The van der Waals surface area contributed by atoms with Gasteiger partial charge in [0.1, 0.15) is 0 Å². The van der Waals surface area contributed by atoms with Gasteiger partial charge in [0, 0.05) is 23.3 Å². The summed E-state index contributed by atoms with van der Waals surface area (Å²) < 4.78 is 0. The topological polar surface area (TPSA) is 50.9 Å². The van der Waals surface area contributed by atoms with Crippen LogP contribution in [0.25, 0.3) is 0 Å². The molecule has 1 heterocycles. The van der Waals surface area contributed by atoms with Gasteiger partial charge in [0.15, 0.2) is 0 Å². The summed E-state index contributed by atoms with van der Waals surface area (Å²) >= 11 is 1.85. The molecule has 0 amide bonds. The van der Waals surface area contributed by atoms with E-state index in [1.54, 1.807) is 0 Å². The third kappa shape index (κ3) is 4.06. The number of rotatable bonds is 6. The molecule has 1 unspecified atom stereocenters. The highest BCUT2D eigenvalue weighted by Gasteiger charge is 2.10. The highest BCUT2D eigenvalue weighted by Crippen LogP contribution is 2.22. The molecule has 0 saturated heterocycles. The molecule has 0 bridgehead atoms. The molecule has 0 aliphatic carbocycles. The van der Waals surface area contributed by atoms with Crippen molar-refractivity contribution < 1.29 is 0 Å². The predicted octanol–water partition coefficient (Wildman–Crippen LogP) is 2.94. The number of nitrogens with two attached hydrogens (primary N) is 1. The zero-order valence-electron chi connectivity index (χ0n) is 11.0. The van der Waals surface area contributed by atoms with Gasteiger partial charge in [-0.25, -0.2) is 0 Å². The molecule has 0 fully saturated rings. The zero-order valence-corrected chi connectivity index (χ0v) is 11.9. The van der Waals surface area contributed by atoms with Gasteiger partial charge < -0.3 is 0 Å². The van der Waals surface area contributed by atoms with Gasteiger partial charge in [0.05, 0.1) is 0 Å². The first-order valence-corrected chi connectivity index (χ1v) is 7.40. The number of aromatic nitrogens is 1. The van der Waals surface area contributed by atoms with Crippen LogP contribution in [0.5, 0.6) is 0 Å². The average Bonchev–Trinajstić information content (AvgIpc) is 2.47. The van der Waals surface area contributed by atoms with Gasteiger partial charge in [0.2, 0.25) is 0 Å². The van der Waals surface area contributed by atoms with Crippen LogP contribution in [0.15, 0.2) is 53.7 Å². The van der Waals surface area contributed by atoms with E-state index in [9.17, 15) is 0 Å². The van der Waals surface area contributed by atoms with Crippen LogP contribution in [-0.2, 0) is 6.42 Å². The number of hydrogen-bond donors (Lipinski definition) is 2. The van der Waals surface area contributed by atoms with E-state index in [0.29, 0.717) is 0 Å². The molecule has 2 rings (SSSR count). The SMILES string of the molecule is CCSc1ccc(C(Cc2ccncc2)NN)cc1. The molecule has 0 spiro atoms. The van der Waals surface area contributed by atoms with Gasteiger partial charge in [-0.05, 0) is 47.6 Å². The summed E-state index contributed by atoms with van der Waals surface area (Å²) in [6.07, 6.45) is 4.48. The maximum absolute atomic E-state index is 5.68. The maximum Gasteiger partial charge on any atom is 0.0500 e. The third-order valence-corrected chi connectivity index (χ3v) is 3.88. The summed E-state index contributed by atoms with van der Waals surface area (Å²) in [7, 11) is 0. The molecule has 2 aromatic rings. The Hall–Kier alpha value is -1.36. The second kappa shape index (κ2) is 7.28. The molecule has 1 atom stereocenters. The minimum absolute atomic E-state index is 0.128. The molecule has 1 aromatic carbocycles. The van der Waals surface area contributed by atoms with Crippen LogP contribution in [0.3, 0.4) is 0 Å². The van der Waals surface area contributed by atoms with Gasteiger partial charge in [-0.15, -0.1) is 11.8 Å². The first kappa shape index (κ1) is 14.1.